The van der Waals surface area contributed by atoms with Crippen molar-refractivity contribution in [2.45, 2.75) is 23.9 Å². The molecule has 1 unspecified atom stereocenters. The Morgan fingerprint density at radius 3 is 2.71 bits per heavy atom. The molecule has 0 fully saturated rings. The number of hydrogen-bond acceptors (Lipinski definition) is 3. The molecule has 2 aromatic carbocycles. The summed E-state index contributed by atoms with van der Waals surface area (Å²) < 4.78 is 0. The van der Waals surface area contributed by atoms with Crippen LogP contribution in [0.2, 0.25) is 0 Å². The van der Waals surface area contributed by atoms with Gasteiger partial charge in [-0.3, -0.25) is 0 Å². The minimum atomic E-state index is 0.422. The summed E-state index contributed by atoms with van der Waals surface area (Å²) in [6.07, 6.45) is 1.18. The van der Waals surface area contributed by atoms with Gasteiger partial charge in [0.25, 0.3) is 0 Å². The predicted octanol–water partition coefficient (Wildman–Crippen LogP) is 4.40. The van der Waals surface area contributed by atoms with E-state index in [1.807, 2.05) is 11.8 Å². The summed E-state index contributed by atoms with van der Waals surface area (Å²) in [4.78, 5) is 3.64. The molecular formula is C18H22N2S. The molecule has 1 atom stereocenters. The van der Waals surface area contributed by atoms with Gasteiger partial charge in [-0.2, -0.15) is 0 Å². The highest BCUT2D eigenvalue weighted by Gasteiger charge is 2.20. The third kappa shape index (κ3) is 3.42. The normalized spacial score (nSPS) is 17.6. The molecule has 1 N–H and O–H groups in total. The third-order valence-corrected chi connectivity index (χ3v) is 4.91. The molecule has 110 valence electrons. The van der Waals surface area contributed by atoms with Crippen molar-refractivity contribution in [3.05, 3.63) is 59.7 Å². The molecule has 0 saturated carbocycles. The van der Waals surface area contributed by atoms with Crippen LogP contribution < -0.4 is 5.32 Å². The first kappa shape index (κ1) is 14.5. The smallest absolute Gasteiger partial charge is 0.0532 e. The predicted molar refractivity (Wildman–Crippen MR) is 92.0 cm³/mol. The molecule has 0 spiro atoms. The van der Waals surface area contributed by atoms with Gasteiger partial charge in [0, 0.05) is 22.9 Å². The van der Waals surface area contributed by atoms with Gasteiger partial charge in [-0.25, -0.2) is 0 Å². The van der Waals surface area contributed by atoms with E-state index in [9.17, 15) is 0 Å². The second kappa shape index (κ2) is 6.54. The lowest BCUT2D eigenvalue weighted by molar-refractivity contribution is 0.403. The Kier molecular flexibility index (Phi) is 4.51. The van der Waals surface area contributed by atoms with Crippen LogP contribution >= 0.6 is 11.8 Å². The zero-order valence-corrected chi connectivity index (χ0v) is 13.5. The average molecular weight is 298 g/mol. The van der Waals surface area contributed by atoms with Crippen LogP contribution in [0.5, 0.6) is 0 Å². The second-order valence-corrected chi connectivity index (χ2v) is 6.90. The molecule has 1 heterocycles. The van der Waals surface area contributed by atoms with Crippen molar-refractivity contribution >= 4 is 17.4 Å². The minimum absolute atomic E-state index is 0.422. The Labute approximate surface area is 131 Å². The number of thioether (sulfide) groups is 1. The van der Waals surface area contributed by atoms with E-state index in [0.29, 0.717) is 6.04 Å². The maximum Gasteiger partial charge on any atom is 0.0532 e. The van der Waals surface area contributed by atoms with E-state index in [1.54, 1.807) is 0 Å². The molecule has 2 aromatic rings. The first-order valence-corrected chi connectivity index (χ1v) is 8.43. The van der Waals surface area contributed by atoms with Crippen molar-refractivity contribution in [3.8, 4) is 0 Å². The Bertz CT molecular complexity index is 610. The highest BCUT2D eigenvalue weighted by Crippen LogP contribution is 2.38. The van der Waals surface area contributed by atoms with Crippen LogP contribution in [-0.2, 0) is 6.54 Å². The summed E-state index contributed by atoms with van der Waals surface area (Å²) in [6, 6.07) is 17.8. The van der Waals surface area contributed by atoms with Crippen molar-refractivity contribution in [1.82, 2.24) is 4.90 Å². The molecule has 0 aromatic heterocycles. The maximum atomic E-state index is 3.77. The third-order valence-electron chi connectivity index (χ3n) is 3.79. The molecule has 1 aliphatic heterocycles. The first-order valence-electron chi connectivity index (χ1n) is 7.45. The zero-order valence-electron chi connectivity index (χ0n) is 12.7. The van der Waals surface area contributed by atoms with Crippen molar-refractivity contribution < 1.29 is 0 Å². The van der Waals surface area contributed by atoms with Gasteiger partial charge in [0.05, 0.1) is 6.04 Å². The van der Waals surface area contributed by atoms with Crippen LogP contribution in [0.3, 0.4) is 0 Å². The molecule has 3 rings (SSSR count). The Morgan fingerprint density at radius 2 is 1.86 bits per heavy atom. The van der Waals surface area contributed by atoms with Crippen LogP contribution in [0.1, 0.15) is 23.6 Å². The Hall–Kier alpha value is -1.45. The summed E-state index contributed by atoms with van der Waals surface area (Å²) in [6.45, 7) is 0.965. The van der Waals surface area contributed by atoms with Crippen molar-refractivity contribution in [1.29, 1.82) is 0 Å². The fourth-order valence-corrected chi connectivity index (χ4v) is 3.94. The van der Waals surface area contributed by atoms with E-state index in [4.69, 9.17) is 0 Å². The lowest BCUT2D eigenvalue weighted by atomic mass is 10.0. The maximum absolute atomic E-state index is 3.77. The van der Waals surface area contributed by atoms with E-state index >= 15 is 0 Å². The quantitative estimate of drug-likeness (QED) is 0.901. The lowest BCUT2D eigenvalue weighted by Crippen LogP contribution is -2.18. The van der Waals surface area contributed by atoms with Gasteiger partial charge in [-0.1, -0.05) is 36.4 Å². The lowest BCUT2D eigenvalue weighted by Gasteiger charge is -2.28. The fourth-order valence-electron chi connectivity index (χ4n) is 2.82. The zero-order chi connectivity index (χ0) is 14.7. The number of benzene rings is 2. The van der Waals surface area contributed by atoms with Crippen LogP contribution in [-0.4, -0.2) is 24.7 Å². The van der Waals surface area contributed by atoms with Crippen LogP contribution in [0.15, 0.2) is 53.4 Å². The van der Waals surface area contributed by atoms with Crippen LogP contribution in [0, 0.1) is 0 Å². The van der Waals surface area contributed by atoms with Crippen molar-refractivity contribution in [2.24, 2.45) is 0 Å². The van der Waals surface area contributed by atoms with Crippen LogP contribution in [0.25, 0.3) is 0 Å². The molecule has 0 amide bonds. The summed E-state index contributed by atoms with van der Waals surface area (Å²) >= 11 is 1.97. The molecule has 0 radical (unpaired) electrons. The molecule has 2 nitrogen and oxygen atoms in total. The van der Waals surface area contributed by atoms with E-state index in [1.165, 1.54) is 33.9 Å². The van der Waals surface area contributed by atoms with Gasteiger partial charge < -0.3 is 10.2 Å². The topological polar surface area (TPSA) is 15.3 Å². The average Bonchev–Trinajstić information content (AvgIpc) is 2.49. The first-order chi connectivity index (χ1) is 10.2. The molecule has 0 aliphatic carbocycles. The summed E-state index contributed by atoms with van der Waals surface area (Å²) in [5.41, 5.74) is 4.06. The van der Waals surface area contributed by atoms with Gasteiger partial charge in [0.15, 0.2) is 0 Å². The van der Waals surface area contributed by atoms with E-state index < -0.39 is 0 Å². The summed E-state index contributed by atoms with van der Waals surface area (Å²) in [5.74, 6) is 1.19. The van der Waals surface area contributed by atoms with Crippen LogP contribution in [0.4, 0.5) is 5.69 Å². The highest BCUT2D eigenvalue weighted by atomic mass is 32.2. The van der Waals surface area contributed by atoms with E-state index in [0.717, 1.165) is 6.54 Å². The van der Waals surface area contributed by atoms with E-state index in [2.05, 4.69) is 72.8 Å². The van der Waals surface area contributed by atoms with Crippen molar-refractivity contribution in [3.63, 3.8) is 0 Å². The van der Waals surface area contributed by atoms with Gasteiger partial charge in [-0.15, -0.1) is 11.8 Å². The van der Waals surface area contributed by atoms with Gasteiger partial charge >= 0.3 is 0 Å². The molecule has 0 saturated heterocycles. The minimum Gasteiger partial charge on any atom is -0.378 e. The number of rotatable bonds is 4. The summed E-state index contributed by atoms with van der Waals surface area (Å²) in [7, 11) is 4.23. The Balaban J connectivity index is 1.85. The molecular weight excluding hydrogens is 276 g/mol. The number of fused-ring (bicyclic) bond motifs is 1. The SMILES string of the molecule is CN(C)Cc1ccccc1NC1CCSc2ccccc21. The summed E-state index contributed by atoms with van der Waals surface area (Å²) in [5, 5.41) is 3.77. The van der Waals surface area contributed by atoms with Gasteiger partial charge in [0.2, 0.25) is 0 Å². The molecule has 0 bridgehead atoms. The number of nitrogens with one attached hydrogen (secondary N) is 1. The fraction of sp³-hybridized carbons (Fsp3) is 0.333. The highest BCUT2D eigenvalue weighted by molar-refractivity contribution is 7.99. The van der Waals surface area contributed by atoms with E-state index in [-0.39, 0.29) is 0 Å². The largest absolute Gasteiger partial charge is 0.378 e. The molecule has 21 heavy (non-hydrogen) atoms. The standard InChI is InChI=1S/C18H22N2S/c1-20(2)13-14-7-3-5-9-16(14)19-17-11-12-21-18-10-6-4-8-15(17)18/h3-10,17,19H,11-13H2,1-2H3. The molecule has 1 aliphatic rings. The second-order valence-electron chi connectivity index (χ2n) is 5.77. The van der Waals surface area contributed by atoms with Gasteiger partial charge in [0.1, 0.15) is 0 Å². The monoisotopic (exact) mass is 298 g/mol. The Morgan fingerprint density at radius 1 is 1.10 bits per heavy atom. The number of hydrogen-bond donors (Lipinski definition) is 1. The number of anilines is 1. The number of nitrogens with zero attached hydrogens (tertiary/aromatic N) is 1. The van der Waals surface area contributed by atoms with Gasteiger partial charge in [-0.05, 0) is 43.8 Å². The number of para-hydroxylation sites is 1. The van der Waals surface area contributed by atoms with Crippen molar-refractivity contribution in [2.75, 3.05) is 25.2 Å². The molecule has 3 heteroatoms.